The Labute approximate surface area is 81.7 Å². The lowest BCUT2D eigenvalue weighted by atomic mass is 10.4. The van der Waals surface area contributed by atoms with E-state index in [2.05, 4.69) is 37.0 Å². The van der Waals surface area contributed by atoms with E-state index in [4.69, 9.17) is 5.11 Å². The van der Waals surface area contributed by atoms with Crippen LogP contribution in [0.25, 0.3) is 0 Å². The van der Waals surface area contributed by atoms with Crippen molar-refractivity contribution in [2.75, 3.05) is 5.33 Å². The second-order valence-corrected chi connectivity index (χ2v) is 3.63. The van der Waals surface area contributed by atoms with Crippen LogP contribution in [0.1, 0.15) is 5.69 Å². The molecule has 0 fully saturated rings. The molecular weight excluding hydrogens is 276 g/mol. The number of halogens is 2. The van der Waals surface area contributed by atoms with Crippen molar-refractivity contribution in [2.45, 2.75) is 13.2 Å². The van der Waals surface area contributed by atoms with Crippen LogP contribution in [0.3, 0.4) is 0 Å². The van der Waals surface area contributed by atoms with E-state index in [9.17, 15) is 0 Å². The third-order valence-electron chi connectivity index (χ3n) is 1.29. The van der Waals surface area contributed by atoms with Gasteiger partial charge in [0.05, 0.1) is 18.8 Å². The number of aromatic nitrogens is 2. The lowest BCUT2D eigenvalue weighted by Crippen LogP contribution is -2.05. The molecule has 0 bridgehead atoms. The van der Waals surface area contributed by atoms with Gasteiger partial charge in [0.25, 0.3) is 0 Å². The van der Waals surface area contributed by atoms with E-state index < -0.39 is 0 Å². The lowest BCUT2D eigenvalue weighted by Gasteiger charge is -2.00. The molecule has 1 N–H and O–H groups in total. The average Bonchev–Trinajstić information content (AvgIpc) is 2.32. The molecule has 0 aromatic carbocycles. The van der Waals surface area contributed by atoms with Gasteiger partial charge in [-0.15, -0.1) is 0 Å². The van der Waals surface area contributed by atoms with E-state index in [1.54, 1.807) is 4.68 Å². The molecule has 0 saturated heterocycles. The standard InChI is InChI=1S/C6H8Br2N2O/c7-1-2-10-5(4-11)3-6(8)9-10/h3,11H,1-2,4H2. The number of aryl methyl sites for hydroxylation is 1. The highest BCUT2D eigenvalue weighted by molar-refractivity contribution is 9.10. The van der Waals surface area contributed by atoms with Gasteiger partial charge in [0.15, 0.2) is 0 Å². The second kappa shape index (κ2) is 4.23. The molecule has 0 aliphatic heterocycles. The predicted octanol–water partition coefficient (Wildman–Crippen LogP) is 1.53. The normalized spacial score (nSPS) is 10.5. The number of rotatable bonds is 3. The third kappa shape index (κ3) is 2.28. The monoisotopic (exact) mass is 282 g/mol. The van der Waals surface area contributed by atoms with Crippen LogP contribution in [-0.2, 0) is 13.2 Å². The molecule has 5 heteroatoms. The first-order chi connectivity index (χ1) is 5.27. The molecule has 0 atom stereocenters. The fourth-order valence-corrected chi connectivity index (χ4v) is 1.61. The maximum Gasteiger partial charge on any atom is 0.128 e. The Balaban J connectivity index is 2.83. The molecule has 11 heavy (non-hydrogen) atoms. The molecule has 0 spiro atoms. The first-order valence-electron chi connectivity index (χ1n) is 3.17. The highest BCUT2D eigenvalue weighted by atomic mass is 79.9. The van der Waals surface area contributed by atoms with Gasteiger partial charge in [0.1, 0.15) is 4.60 Å². The van der Waals surface area contributed by atoms with Gasteiger partial charge in [-0.3, -0.25) is 4.68 Å². The Morgan fingerprint density at radius 2 is 2.36 bits per heavy atom. The van der Waals surface area contributed by atoms with E-state index in [1.807, 2.05) is 6.07 Å². The molecule has 3 nitrogen and oxygen atoms in total. The smallest absolute Gasteiger partial charge is 0.128 e. The summed E-state index contributed by atoms with van der Waals surface area (Å²) in [6.45, 7) is 0.813. The molecule has 1 aromatic rings. The zero-order valence-electron chi connectivity index (χ0n) is 5.80. The molecule has 0 unspecified atom stereocenters. The number of nitrogens with zero attached hydrogens (tertiary/aromatic N) is 2. The summed E-state index contributed by atoms with van der Waals surface area (Å²) in [4.78, 5) is 0. The minimum absolute atomic E-state index is 0.0333. The Morgan fingerprint density at radius 3 is 2.91 bits per heavy atom. The largest absolute Gasteiger partial charge is 0.390 e. The average molecular weight is 284 g/mol. The number of aliphatic hydroxyl groups is 1. The summed E-state index contributed by atoms with van der Waals surface area (Å²) in [6, 6.07) is 1.81. The Kier molecular flexibility index (Phi) is 3.54. The SMILES string of the molecule is OCc1cc(Br)nn1CCBr. The Hall–Kier alpha value is 0.130. The maximum atomic E-state index is 8.86. The number of alkyl halides is 1. The first-order valence-corrected chi connectivity index (χ1v) is 5.08. The van der Waals surface area contributed by atoms with Crippen molar-refractivity contribution in [3.63, 3.8) is 0 Å². The van der Waals surface area contributed by atoms with Crippen molar-refractivity contribution in [3.8, 4) is 0 Å². The van der Waals surface area contributed by atoms with Crippen molar-refractivity contribution < 1.29 is 5.11 Å². The molecular formula is C6H8Br2N2O. The zero-order chi connectivity index (χ0) is 8.27. The zero-order valence-corrected chi connectivity index (χ0v) is 8.97. The molecule has 0 radical (unpaired) electrons. The van der Waals surface area contributed by atoms with Gasteiger partial charge in [-0.05, 0) is 22.0 Å². The van der Waals surface area contributed by atoms with Crippen LogP contribution in [0.15, 0.2) is 10.7 Å². The summed E-state index contributed by atoms with van der Waals surface area (Å²) in [5, 5.41) is 13.8. The van der Waals surface area contributed by atoms with E-state index in [0.29, 0.717) is 0 Å². The van der Waals surface area contributed by atoms with Gasteiger partial charge in [0, 0.05) is 5.33 Å². The highest BCUT2D eigenvalue weighted by Gasteiger charge is 2.02. The van der Waals surface area contributed by atoms with Gasteiger partial charge >= 0.3 is 0 Å². The fraction of sp³-hybridized carbons (Fsp3) is 0.500. The van der Waals surface area contributed by atoms with Crippen molar-refractivity contribution in [1.82, 2.24) is 9.78 Å². The minimum Gasteiger partial charge on any atom is -0.390 e. The molecule has 0 aliphatic carbocycles. The molecule has 0 saturated carbocycles. The fourth-order valence-electron chi connectivity index (χ4n) is 0.821. The quantitative estimate of drug-likeness (QED) is 0.855. The van der Waals surface area contributed by atoms with Gasteiger partial charge in [-0.1, -0.05) is 15.9 Å². The van der Waals surface area contributed by atoms with Crippen molar-refractivity contribution in [3.05, 3.63) is 16.4 Å². The summed E-state index contributed by atoms with van der Waals surface area (Å²) in [7, 11) is 0. The molecule has 62 valence electrons. The predicted molar refractivity (Wildman–Crippen MR) is 49.6 cm³/mol. The van der Waals surface area contributed by atoms with E-state index in [1.165, 1.54) is 0 Å². The van der Waals surface area contributed by atoms with Gasteiger partial charge in [0.2, 0.25) is 0 Å². The highest BCUT2D eigenvalue weighted by Crippen LogP contribution is 2.10. The Morgan fingerprint density at radius 1 is 1.64 bits per heavy atom. The van der Waals surface area contributed by atoms with Crippen LogP contribution in [0, 0.1) is 0 Å². The van der Waals surface area contributed by atoms with Gasteiger partial charge in [-0.2, -0.15) is 5.10 Å². The third-order valence-corrected chi connectivity index (χ3v) is 2.03. The molecule has 0 amide bonds. The molecule has 1 aromatic heterocycles. The van der Waals surface area contributed by atoms with Crippen molar-refractivity contribution >= 4 is 31.9 Å². The van der Waals surface area contributed by atoms with E-state index in [-0.39, 0.29) is 6.61 Å². The van der Waals surface area contributed by atoms with Crippen LogP contribution in [0.5, 0.6) is 0 Å². The summed E-state index contributed by atoms with van der Waals surface area (Å²) < 4.78 is 2.53. The summed E-state index contributed by atoms with van der Waals surface area (Å²) in [5.74, 6) is 0. The number of hydrogen-bond donors (Lipinski definition) is 1. The summed E-state index contributed by atoms with van der Waals surface area (Å²) >= 11 is 6.54. The lowest BCUT2D eigenvalue weighted by molar-refractivity contribution is 0.268. The van der Waals surface area contributed by atoms with Crippen LogP contribution in [0.2, 0.25) is 0 Å². The topological polar surface area (TPSA) is 38.1 Å². The second-order valence-electron chi connectivity index (χ2n) is 2.03. The van der Waals surface area contributed by atoms with E-state index in [0.717, 1.165) is 22.2 Å². The number of hydrogen-bond acceptors (Lipinski definition) is 2. The molecule has 1 heterocycles. The molecule has 1 rings (SSSR count). The van der Waals surface area contributed by atoms with E-state index >= 15 is 0 Å². The van der Waals surface area contributed by atoms with Crippen LogP contribution < -0.4 is 0 Å². The van der Waals surface area contributed by atoms with Crippen LogP contribution in [-0.4, -0.2) is 20.2 Å². The summed E-state index contributed by atoms with van der Waals surface area (Å²) in [6.07, 6.45) is 0. The van der Waals surface area contributed by atoms with Gasteiger partial charge in [-0.25, -0.2) is 0 Å². The van der Waals surface area contributed by atoms with Crippen LogP contribution in [0.4, 0.5) is 0 Å². The van der Waals surface area contributed by atoms with Crippen molar-refractivity contribution in [1.29, 1.82) is 0 Å². The first kappa shape index (κ1) is 9.22. The maximum absolute atomic E-state index is 8.86. The molecule has 0 aliphatic rings. The van der Waals surface area contributed by atoms with Crippen LogP contribution >= 0.6 is 31.9 Å². The van der Waals surface area contributed by atoms with Crippen molar-refractivity contribution in [2.24, 2.45) is 0 Å². The minimum atomic E-state index is 0.0333. The number of aliphatic hydroxyl groups excluding tert-OH is 1. The van der Waals surface area contributed by atoms with Gasteiger partial charge < -0.3 is 5.11 Å². The summed E-state index contributed by atoms with van der Waals surface area (Å²) in [5.41, 5.74) is 0.830. The Bertz CT molecular complexity index is 236.